The van der Waals surface area contributed by atoms with E-state index in [-0.39, 0.29) is 27.2 Å². The van der Waals surface area contributed by atoms with Gasteiger partial charge >= 0.3 is 0 Å². The van der Waals surface area contributed by atoms with Gasteiger partial charge in [0, 0.05) is 36.8 Å². The molecule has 0 saturated carbocycles. The van der Waals surface area contributed by atoms with Gasteiger partial charge in [0.25, 0.3) is 0 Å². The van der Waals surface area contributed by atoms with E-state index in [4.69, 9.17) is 5.73 Å². The molecule has 0 aliphatic carbocycles. The van der Waals surface area contributed by atoms with Crippen LogP contribution in [0.4, 0.5) is 0 Å². The van der Waals surface area contributed by atoms with Gasteiger partial charge in [-0.3, -0.25) is 47.4 Å². The number of aliphatic hydroxyl groups excluding tert-OH is 3. The van der Waals surface area contributed by atoms with Crippen LogP contribution in [0.3, 0.4) is 0 Å². The first-order valence-corrected chi connectivity index (χ1v) is 21.9. The first-order valence-electron chi connectivity index (χ1n) is 20.6. The highest BCUT2D eigenvalue weighted by Gasteiger charge is 2.45. The summed E-state index contributed by atoms with van der Waals surface area (Å²) in [5, 5.41) is 58.8. The molecule has 1 fully saturated rings. The number of H-pyrrole nitrogens is 1. The summed E-state index contributed by atoms with van der Waals surface area (Å²) < 4.78 is 14.6. The van der Waals surface area contributed by atoms with Gasteiger partial charge < -0.3 is 73.3 Å². The lowest BCUT2D eigenvalue weighted by Gasteiger charge is -2.32. The molecule has 1 aromatic carbocycles. The number of hydrogen-bond acceptors (Lipinski definition) is 14. The molecule has 1 saturated heterocycles. The number of nitrogens with zero attached hydrogens (tertiary/aromatic N) is 1. The van der Waals surface area contributed by atoms with Gasteiger partial charge in [-0.05, 0) is 23.6 Å². The van der Waals surface area contributed by atoms with Crippen LogP contribution >= 0.6 is 0 Å². The van der Waals surface area contributed by atoms with Crippen molar-refractivity contribution in [1.29, 1.82) is 0 Å². The fourth-order valence-corrected chi connectivity index (χ4v) is 9.10. The molecule has 350 valence electrons. The lowest BCUT2D eigenvalue weighted by molar-refractivity contribution is -0.144. The third-order valence-electron chi connectivity index (χ3n) is 11.5. The molecule has 2 bridgehead atoms. The van der Waals surface area contributed by atoms with Crippen LogP contribution in [0.5, 0.6) is 5.75 Å². The third kappa shape index (κ3) is 11.5. The molecule has 0 spiro atoms. The minimum atomic E-state index is -2.38. The first kappa shape index (κ1) is 48.8. The van der Waals surface area contributed by atoms with Crippen molar-refractivity contribution in [3.8, 4) is 5.75 Å². The number of aromatic nitrogens is 1. The molecule has 5 rings (SSSR count). The van der Waals surface area contributed by atoms with Crippen LogP contribution in [-0.2, 0) is 60.4 Å². The summed E-state index contributed by atoms with van der Waals surface area (Å²) in [7, 11) is -2.38. The normalized spacial score (nSPS) is 28.5. The number of rotatable bonds is 7. The van der Waals surface area contributed by atoms with Crippen molar-refractivity contribution in [1.82, 2.24) is 47.1 Å². The Kier molecular flexibility index (Phi) is 16.0. The molecule has 64 heavy (non-hydrogen) atoms. The summed E-state index contributed by atoms with van der Waals surface area (Å²) in [4.78, 5) is 127. The van der Waals surface area contributed by atoms with E-state index in [2.05, 4.69) is 42.2 Å². The maximum atomic E-state index is 14.6. The van der Waals surface area contributed by atoms with Crippen molar-refractivity contribution in [3.63, 3.8) is 0 Å². The van der Waals surface area contributed by atoms with Gasteiger partial charge in [-0.2, -0.15) is 0 Å². The number of aromatic hydroxyl groups is 1. The molecule has 3 aliphatic heterocycles. The van der Waals surface area contributed by atoms with E-state index in [1.807, 2.05) is 0 Å². The van der Waals surface area contributed by atoms with E-state index < -0.39 is 176 Å². The van der Waals surface area contributed by atoms with E-state index in [1.165, 1.54) is 25.1 Å². The molecule has 11 atom stereocenters. The molecule has 24 nitrogen and oxygen atoms in total. The smallest absolute Gasteiger partial charge is 0.246 e. The van der Waals surface area contributed by atoms with Crippen molar-refractivity contribution in [2.24, 2.45) is 17.6 Å². The molecule has 25 heteroatoms. The Morgan fingerprint density at radius 2 is 1.55 bits per heavy atom. The van der Waals surface area contributed by atoms with Crippen LogP contribution in [0.1, 0.15) is 45.6 Å². The average Bonchev–Trinajstić information content (AvgIpc) is 3.82. The van der Waals surface area contributed by atoms with Crippen molar-refractivity contribution in [2.45, 2.75) is 99.9 Å². The minimum Gasteiger partial charge on any atom is -0.508 e. The highest BCUT2D eigenvalue weighted by Crippen LogP contribution is 2.30. The van der Waals surface area contributed by atoms with Crippen LogP contribution in [0.25, 0.3) is 10.9 Å². The van der Waals surface area contributed by atoms with E-state index in [0.29, 0.717) is 6.42 Å². The van der Waals surface area contributed by atoms with Crippen molar-refractivity contribution >= 4 is 74.9 Å². The highest BCUT2D eigenvalue weighted by molar-refractivity contribution is 7.85. The summed E-state index contributed by atoms with van der Waals surface area (Å²) in [6, 6.07) is -5.99. The van der Waals surface area contributed by atoms with E-state index in [9.17, 15) is 67.8 Å². The quantitative estimate of drug-likeness (QED) is 0.123. The third-order valence-corrected chi connectivity index (χ3v) is 13.0. The number of carbonyl (C=O) groups is 9. The number of fused-ring (bicyclic) bond motifs is 5. The predicted octanol–water partition coefficient (Wildman–Crippen LogP) is -5.92. The lowest BCUT2D eigenvalue weighted by Crippen LogP contribution is -2.62. The SMILES string of the molecule is CC[C@H](C)C1NC(=O)CNC(=O)[C@@H]2Cc3c([nH]c4cc(O)ccc34)S(=O)CC(NC(=O)CNC1=O)C(=O)N[C@@H](CC(N)=O)C(=O)N1C[C@H](O)C[C@H]1C(=O)N[C@@H]([C@@H](C)[C@@H](O)CO)C(=O)N2. The van der Waals surface area contributed by atoms with Gasteiger partial charge in [0.05, 0.1) is 60.4 Å². The topological polar surface area (TPSA) is 381 Å². The standard InChI is InChI=1S/C39H54N10O14S/c1-4-16(2)31-36(60)42-11-29(55)43-25-15-64(63)38-21(20-6-5-18(51)7-22(20)46-38)9-23(33(57)41-12-30(56)47-31)44-37(61)32(17(3)27(53)14-50)48-35(59)26-8-19(52)13-49(26)39(62)24(10-28(40)54)45-34(25)58/h5-7,16-17,19,23-27,31-32,46,50-53H,4,8-15H2,1-3H3,(H2,40,54)(H,41,57)(H,42,60)(H,43,55)(H,44,61)(H,45,58)(H,47,56)(H,48,59)/t16-,17-,19+,23-,24-,25?,26-,27-,31?,32-,64?/m0/s1. The number of carbonyl (C=O) groups excluding carboxylic acids is 9. The molecule has 3 aliphatic rings. The summed E-state index contributed by atoms with van der Waals surface area (Å²) in [6.07, 6.45) is -4.42. The maximum absolute atomic E-state index is 14.6. The Morgan fingerprint density at radius 1 is 0.875 bits per heavy atom. The van der Waals surface area contributed by atoms with Crippen molar-refractivity contribution < 1.29 is 67.8 Å². The fraction of sp³-hybridized carbons (Fsp3) is 0.564. The van der Waals surface area contributed by atoms with Crippen LogP contribution in [-0.4, -0.2) is 168 Å². The van der Waals surface area contributed by atoms with Gasteiger partial charge in [-0.15, -0.1) is 0 Å². The zero-order valence-electron chi connectivity index (χ0n) is 35.2. The molecule has 2 aromatic rings. The Morgan fingerprint density at radius 3 is 2.20 bits per heavy atom. The Balaban J connectivity index is 1.73. The largest absolute Gasteiger partial charge is 0.508 e. The summed E-state index contributed by atoms with van der Waals surface area (Å²) in [5.74, 6) is -12.1. The monoisotopic (exact) mass is 918 g/mol. The number of aromatic amines is 1. The number of benzene rings is 1. The summed E-state index contributed by atoms with van der Waals surface area (Å²) >= 11 is 0. The van der Waals surface area contributed by atoms with Gasteiger partial charge in [-0.25, -0.2) is 0 Å². The van der Waals surface area contributed by atoms with Crippen LogP contribution in [0.15, 0.2) is 23.2 Å². The number of amides is 9. The Labute approximate surface area is 368 Å². The number of primary amides is 1. The van der Waals surface area contributed by atoms with Crippen LogP contribution in [0.2, 0.25) is 0 Å². The van der Waals surface area contributed by atoms with E-state index in [1.54, 1.807) is 13.8 Å². The predicted molar refractivity (Wildman–Crippen MR) is 222 cm³/mol. The highest BCUT2D eigenvalue weighted by atomic mass is 32.2. The number of aliphatic hydroxyl groups is 3. The molecule has 0 radical (unpaired) electrons. The first-order chi connectivity index (χ1) is 30.2. The maximum Gasteiger partial charge on any atom is 0.246 e. The Hall–Kier alpha value is -6.18. The number of phenols is 1. The average molecular weight is 919 g/mol. The number of nitrogens with one attached hydrogen (secondary N) is 8. The number of nitrogens with two attached hydrogens (primary N) is 1. The van der Waals surface area contributed by atoms with Gasteiger partial charge in [0.1, 0.15) is 47.0 Å². The molecule has 1 aromatic heterocycles. The summed E-state index contributed by atoms with van der Waals surface area (Å²) in [5.41, 5.74) is 5.73. The van der Waals surface area contributed by atoms with Crippen molar-refractivity contribution in [2.75, 3.05) is 32.0 Å². The van der Waals surface area contributed by atoms with Crippen molar-refractivity contribution in [3.05, 3.63) is 23.8 Å². The second kappa shape index (κ2) is 21.0. The van der Waals surface area contributed by atoms with Gasteiger partial charge in [0.2, 0.25) is 53.2 Å². The van der Waals surface area contributed by atoms with E-state index in [0.717, 1.165) is 4.90 Å². The molecular weight excluding hydrogens is 865 g/mol. The molecule has 9 amide bonds. The number of hydrogen-bond donors (Lipinski definition) is 13. The fourth-order valence-electron chi connectivity index (χ4n) is 7.70. The van der Waals surface area contributed by atoms with Crippen LogP contribution < -0.4 is 43.0 Å². The molecule has 3 unspecified atom stereocenters. The van der Waals surface area contributed by atoms with Gasteiger partial charge in [-0.1, -0.05) is 27.2 Å². The molecule has 14 N–H and O–H groups in total. The molecular formula is C39H54N10O14S. The second-order valence-corrected chi connectivity index (χ2v) is 17.6. The zero-order valence-corrected chi connectivity index (χ0v) is 36.0. The van der Waals surface area contributed by atoms with Crippen LogP contribution in [0, 0.1) is 11.8 Å². The number of phenolic OH excluding ortho intramolecular Hbond substituents is 1. The van der Waals surface area contributed by atoms with Gasteiger partial charge in [0.15, 0.2) is 0 Å². The van der Waals surface area contributed by atoms with E-state index >= 15 is 0 Å². The Bertz CT molecular complexity index is 2200. The zero-order chi connectivity index (χ0) is 47.2. The minimum absolute atomic E-state index is 0.0800. The molecule has 4 heterocycles. The second-order valence-electron chi connectivity index (χ2n) is 16.1. The lowest BCUT2D eigenvalue weighted by atomic mass is 9.93. The summed E-state index contributed by atoms with van der Waals surface area (Å²) in [6.45, 7) is 1.76.